The van der Waals surface area contributed by atoms with Crippen LogP contribution in [0.1, 0.15) is 12.5 Å². The third kappa shape index (κ3) is 5.80. The molecule has 0 bridgehead atoms. The van der Waals surface area contributed by atoms with Crippen LogP contribution in [-0.4, -0.2) is 32.8 Å². The van der Waals surface area contributed by atoms with Crippen LogP contribution in [0.25, 0.3) is 10.9 Å². The Bertz CT molecular complexity index is 671. The van der Waals surface area contributed by atoms with Crippen LogP contribution >= 0.6 is 0 Å². The van der Waals surface area contributed by atoms with Crippen LogP contribution in [0.15, 0.2) is 42.6 Å². The summed E-state index contributed by atoms with van der Waals surface area (Å²) in [5.74, 6) is -2.51. The Labute approximate surface area is 128 Å². The molecular formula is C16H20N2O4. The number of rotatable bonds is 4. The van der Waals surface area contributed by atoms with Gasteiger partial charge in [-0.1, -0.05) is 12.1 Å². The van der Waals surface area contributed by atoms with Crippen molar-refractivity contribution in [3.63, 3.8) is 0 Å². The first-order valence-corrected chi connectivity index (χ1v) is 6.74. The lowest BCUT2D eigenvalue weighted by Gasteiger charge is -2.08. The lowest BCUT2D eigenvalue weighted by atomic mass is 10.2. The summed E-state index contributed by atoms with van der Waals surface area (Å²) in [5.41, 5.74) is 8.37. The number of carboxylic acid groups (broad SMARTS) is 2. The maximum Gasteiger partial charge on any atom is 0.328 e. The van der Waals surface area contributed by atoms with Crippen molar-refractivity contribution in [2.24, 2.45) is 5.73 Å². The zero-order valence-corrected chi connectivity index (χ0v) is 12.6. The van der Waals surface area contributed by atoms with Crippen LogP contribution in [0.4, 0.5) is 0 Å². The van der Waals surface area contributed by atoms with Crippen LogP contribution in [-0.2, 0) is 16.1 Å². The number of benzene rings is 1. The predicted molar refractivity (Wildman–Crippen MR) is 84.7 cm³/mol. The normalized spacial score (nSPS) is 12.0. The minimum absolute atomic E-state index is 0.200. The molecule has 1 aromatic carbocycles. The standard InChI is InChI=1S/C12H16N2.C4H4O4/c1-9-3-4-11-5-6-14(8-10(2)13)12(11)7-9;5-3(6)1-2-4(7)8/h3-7,10H,8,13H2,1-2H3;1-2H,(H,5,6)(H,7,8). The summed E-state index contributed by atoms with van der Waals surface area (Å²) in [4.78, 5) is 19.1. The second kappa shape index (κ2) is 7.99. The van der Waals surface area contributed by atoms with Gasteiger partial charge >= 0.3 is 11.9 Å². The molecule has 0 saturated heterocycles. The van der Waals surface area contributed by atoms with E-state index < -0.39 is 11.9 Å². The van der Waals surface area contributed by atoms with Crippen molar-refractivity contribution in [3.05, 3.63) is 48.2 Å². The van der Waals surface area contributed by atoms with Gasteiger partial charge in [-0.3, -0.25) is 0 Å². The largest absolute Gasteiger partial charge is 0.478 e. The molecule has 4 N–H and O–H groups in total. The Kier molecular flexibility index (Phi) is 6.34. The van der Waals surface area contributed by atoms with E-state index in [0.717, 1.165) is 6.54 Å². The van der Waals surface area contributed by atoms with Gasteiger partial charge in [-0.25, -0.2) is 9.59 Å². The summed E-state index contributed by atoms with van der Waals surface area (Å²) in [7, 11) is 0. The molecule has 0 amide bonds. The van der Waals surface area contributed by atoms with Crippen LogP contribution in [0.5, 0.6) is 0 Å². The predicted octanol–water partition coefficient (Wildman–Crippen LogP) is 2.01. The maximum absolute atomic E-state index is 9.55. The van der Waals surface area contributed by atoms with Gasteiger partial charge in [0.2, 0.25) is 0 Å². The minimum Gasteiger partial charge on any atom is -0.478 e. The molecule has 22 heavy (non-hydrogen) atoms. The number of carboxylic acids is 2. The van der Waals surface area contributed by atoms with Crippen molar-refractivity contribution < 1.29 is 19.8 Å². The highest BCUT2D eigenvalue weighted by Gasteiger charge is 2.02. The molecule has 1 heterocycles. The number of aryl methyl sites for hydroxylation is 1. The third-order valence-corrected chi connectivity index (χ3v) is 2.78. The van der Waals surface area contributed by atoms with E-state index in [9.17, 15) is 9.59 Å². The van der Waals surface area contributed by atoms with E-state index in [1.807, 2.05) is 6.92 Å². The summed E-state index contributed by atoms with van der Waals surface area (Å²) in [6, 6.07) is 8.83. The van der Waals surface area contributed by atoms with Gasteiger partial charge in [-0.2, -0.15) is 0 Å². The number of nitrogens with two attached hydrogens (primary N) is 1. The summed E-state index contributed by atoms with van der Waals surface area (Å²) in [6.45, 7) is 5.03. The van der Waals surface area contributed by atoms with Gasteiger partial charge < -0.3 is 20.5 Å². The molecule has 1 atom stereocenters. The van der Waals surface area contributed by atoms with E-state index in [0.29, 0.717) is 12.2 Å². The summed E-state index contributed by atoms with van der Waals surface area (Å²) >= 11 is 0. The fourth-order valence-electron chi connectivity index (χ4n) is 1.91. The fourth-order valence-corrected chi connectivity index (χ4v) is 1.91. The smallest absolute Gasteiger partial charge is 0.328 e. The summed E-state index contributed by atoms with van der Waals surface area (Å²) < 4.78 is 2.22. The first-order chi connectivity index (χ1) is 10.3. The molecule has 0 aliphatic rings. The van der Waals surface area contributed by atoms with Crippen molar-refractivity contribution in [2.45, 2.75) is 26.4 Å². The number of aliphatic carboxylic acids is 2. The molecule has 1 aromatic heterocycles. The quantitative estimate of drug-likeness (QED) is 0.749. The first kappa shape index (κ1) is 17.5. The van der Waals surface area contributed by atoms with E-state index in [1.54, 1.807) is 0 Å². The maximum atomic E-state index is 9.55. The highest BCUT2D eigenvalue weighted by molar-refractivity contribution is 5.89. The van der Waals surface area contributed by atoms with Gasteiger partial charge in [-0.05, 0) is 36.9 Å². The Hall–Kier alpha value is -2.60. The van der Waals surface area contributed by atoms with Crippen molar-refractivity contribution >= 4 is 22.8 Å². The molecule has 0 aliphatic heterocycles. The molecule has 6 nitrogen and oxygen atoms in total. The fraction of sp³-hybridized carbons (Fsp3) is 0.250. The average molecular weight is 304 g/mol. The molecule has 2 aromatic rings. The molecule has 0 radical (unpaired) electrons. The van der Waals surface area contributed by atoms with Crippen molar-refractivity contribution in [1.29, 1.82) is 0 Å². The number of hydrogen-bond donors (Lipinski definition) is 3. The number of aromatic nitrogens is 1. The highest BCUT2D eigenvalue weighted by Crippen LogP contribution is 2.17. The number of fused-ring (bicyclic) bond motifs is 1. The zero-order valence-electron chi connectivity index (χ0n) is 12.6. The van der Waals surface area contributed by atoms with Gasteiger partial charge in [0.05, 0.1) is 0 Å². The van der Waals surface area contributed by atoms with Crippen LogP contribution in [0.2, 0.25) is 0 Å². The molecular weight excluding hydrogens is 284 g/mol. The van der Waals surface area contributed by atoms with E-state index in [4.69, 9.17) is 15.9 Å². The van der Waals surface area contributed by atoms with Crippen LogP contribution in [0.3, 0.4) is 0 Å². The van der Waals surface area contributed by atoms with E-state index in [2.05, 4.69) is 42.0 Å². The molecule has 118 valence electrons. The highest BCUT2D eigenvalue weighted by atomic mass is 16.4. The monoisotopic (exact) mass is 304 g/mol. The number of hydrogen-bond acceptors (Lipinski definition) is 3. The molecule has 2 rings (SSSR count). The molecule has 1 unspecified atom stereocenters. The summed E-state index contributed by atoms with van der Waals surface area (Å²) in [6.07, 6.45) is 3.22. The Balaban J connectivity index is 0.000000261. The Morgan fingerprint density at radius 2 is 1.82 bits per heavy atom. The van der Waals surface area contributed by atoms with Crippen molar-refractivity contribution in [3.8, 4) is 0 Å². The van der Waals surface area contributed by atoms with Gasteiger partial charge in [-0.15, -0.1) is 0 Å². The molecule has 0 saturated carbocycles. The molecule has 0 fully saturated rings. The van der Waals surface area contributed by atoms with Gasteiger partial charge in [0.15, 0.2) is 0 Å². The Morgan fingerprint density at radius 1 is 1.23 bits per heavy atom. The van der Waals surface area contributed by atoms with E-state index in [-0.39, 0.29) is 6.04 Å². The summed E-state index contributed by atoms with van der Waals surface area (Å²) in [5, 5.41) is 16.9. The van der Waals surface area contributed by atoms with Gasteiger partial charge in [0, 0.05) is 36.5 Å². The zero-order chi connectivity index (χ0) is 16.7. The van der Waals surface area contributed by atoms with Gasteiger partial charge in [0.1, 0.15) is 0 Å². The van der Waals surface area contributed by atoms with Crippen molar-refractivity contribution in [1.82, 2.24) is 4.57 Å². The Morgan fingerprint density at radius 3 is 2.32 bits per heavy atom. The van der Waals surface area contributed by atoms with E-state index in [1.165, 1.54) is 16.5 Å². The van der Waals surface area contributed by atoms with Crippen molar-refractivity contribution in [2.75, 3.05) is 0 Å². The second-order valence-electron chi connectivity index (χ2n) is 5.02. The lowest BCUT2D eigenvalue weighted by Crippen LogP contribution is -2.21. The molecule has 0 spiro atoms. The lowest BCUT2D eigenvalue weighted by molar-refractivity contribution is -0.134. The van der Waals surface area contributed by atoms with Gasteiger partial charge in [0.25, 0.3) is 0 Å². The third-order valence-electron chi connectivity index (χ3n) is 2.78. The van der Waals surface area contributed by atoms with Crippen LogP contribution < -0.4 is 5.73 Å². The van der Waals surface area contributed by atoms with Crippen LogP contribution in [0, 0.1) is 6.92 Å². The first-order valence-electron chi connectivity index (χ1n) is 6.74. The number of nitrogens with zero attached hydrogens (tertiary/aromatic N) is 1. The second-order valence-corrected chi connectivity index (χ2v) is 5.02. The molecule has 0 aliphatic carbocycles. The topological polar surface area (TPSA) is 106 Å². The van der Waals surface area contributed by atoms with E-state index >= 15 is 0 Å². The average Bonchev–Trinajstić information content (AvgIpc) is 2.79. The SMILES string of the molecule is Cc1ccc2ccn(CC(C)N)c2c1.O=C(O)C=CC(=O)O. The molecule has 6 heteroatoms. The minimum atomic E-state index is -1.26. The number of carbonyl (C=O) groups is 2.